The number of nitrogens with zero attached hydrogens (tertiary/aromatic N) is 2. The van der Waals surface area contributed by atoms with Gasteiger partial charge in [0.15, 0.2) is 0 Å². The van der Waals surface area contributed by atoms with Crippen molar-refractivity contribution < 1.29 is 9.18 Å². The van der Waals surface area contributed by atoms with Crippen LogP contribution in [0.25, 0.3) is 10.6 Å². The van der Waals surface area contributed by atoms with E-state index in [2.05, 4.69) is 11.9 Å². The normalized spacial score (nSPS) is 12.2. The van der Waals surface area contributed by atoms with Gasteiger partial charge in [0.1, 0.15) is 10.8 Å². The molecule has 1 aromatic carbocycles. The van der Waals surface area contributed by atoms with Crippen molar-refractivity contribution in [2.75, 3.05) is 7.05 Å². The molecule has 0 aliphatic heterocycles. The highest BCUT2D eigenvalue weighted by molar-refractivity contribution is 7.13. The van der Waals surface area contributed by atoms with Crippen LogP contribution in [0.5, 0.6) is 0 Å². The maximum atomic E-state index is 13.2. The summed E-state index contributed by atoms with van der Waals surface area (Å²) in [5, 5.41) is 2.60. The van der Waals surface area contributed by atoms with Crippen LogP contribution in [-0.2, 0) is 11.2 Å². The molecule has 0 fully saturated rings. The molecule has 0 aliphatic rings. The minimum Gasteiger partial charge on any atom is -0.343 e. The van der Waals surface area contributed by atoms with Gasteiger partial charge in [0.2, 0.25) is 5.91 Å². The second kappa shape index (κ2) is 6.80. The Morgan fingerprint density at radius 3 is 2.90 bits per heavy atom. The molecule has 0 bridgehead atoms. The Hall–Kier alpha value is -1.75. The zero-order chi connectivity index (χ0) is 15.4. The second-order valence-corrected chi connectivity index (χ2v) is 5.95. The van der Waals surface area contributed by atoms with Crippen LogP contribution in [0.1, 0.15) is 26.0 Å². The number of aromatic nitrogens is 1. The van der Waals surface area contributed by atoms with E-state index >= 15 is 0 Å². The number of rotatable bonds is 5. The first-order valence-electron chi connectivity index (χ1n) is 6.97. The average molecular weight is 306 g/mol. The SMILES string of the molecule is CCC(C)N(C)C(=O)Cc1csc(-c2cccc(F)c2)n1. The summed E-state index contributed by atoms with van der Waals surface area (Å²) < 4.78 is 13.2. The minimum atomic E-state index is -0.281. The number of likely N-dealkylation sites (N-methyl/N-ethyl adjacent to an activating group) is 1. The van der Waals surface area contributed by atoms with Gasteiger partial charge in [-0.25, -0.2) is 9.37 Å². The van der Waals surface area contributed by atoms with Gasteiger partial charge in [0.05, 0.1) is 12.1 Å². The molecule has 1 unspecified atom stereocenters. The zero-order valence-corrected chi connectivity index (χ0v) is 13.3. The zero-order valence-electron chi connectivity index (χ0n) is 12.5. The molecule has 112 valence electrons. The van der Waals surface area contributed by atoms with E-state index in [1.54, 1.807) is 11.0 Å². The van der Waals surface area contributed by atoms with Crippen molar-refractivity contribution in [2.45, 2.75) is 32.7 Å². The fourth-order valence-electron chi connectivity index (χ4n) is 1.94. The number of benzene rings is 1. The minimum absolute atomic E-state index is 0.0560. The smallest absolute Gasteiger partial charge is 0.228 e. The maximum Gasteiger partial charge on any atom is 0.228 e. The lowest BCUT2D eigenvalue weighted by atomic mass is 10.2. The van der Waals surface area contributed by atoms with E-state index in [-0.39, 0.29) is 24.2 Å². The molecule has 0 spiro atoms. The van der Waals surface area contributed by atoms with Crippen molar-refractivity contribution in [2.24, 2.45) is 0 Å². The van der Waals surface area contributed by atoms with Crippen molar-refractivity contribution in [1.29, 1.82) is 0 Å². The lowest BCUT2D eigenvalue weighted by molar-refractivity contribution is -0.131. The summed E-state index contributed by atoms with van der Waals surface area (Å²) in [6.45, 7) is 4.08. The Bertz CT molecular complexity index is 626. The van der Waals surface area contributed by atoms with Crippen LogP contribution >= 0.6 is 11.3 Å². The average Bonchev–Trinajstić information content (AvgIpc) is 2.94. The number of hydrogen-bond donors (Lipinski definition) is 0. The van der Waals surface area contributed by atoms with E-state index in [1.165, 1.54) is 23.5 Å². The molecule has 0 radical (unpaired) electrons. The highest BCUT2D eigenvalue weighted by Gasteiger charge is 2.16. The molecule has 0 saturated carbocycles. The van der Waals surface area contributed by atoms with Crippen molar-refractivity contribution in [3.63, 3.8) is 0 Å². The van der Waals surface area contributed by atoms with Gasteiger partial charge in [-0.1, -0.05) is 19.1 Å². The lowest BCUT2D eigenvalue weighted by Gasteiger charge is -2.23. The molecule has 1 heterocycles. The van der Waals surface area contributed by atoms with Crippen LogP contribution < -0.4 is 0 Å². The first-order valence-corrected chi connectivity index (χ1v) is 7.85. The van der Waals surface area contributed by atoms with Crippen LogP contribution in [0.2, 0.25) is 0 Å². The second-order valence-electron chi connectivity index (χ2n) is 5.09. The summed E-state index contributed by atoms with van der Waals surface area (Å²) in [5.74, 6) is -0.225. The summed E-state index contributed by atoms with van der Waals surface area (Å²) in [6, 6.07) is 6.56. The molecular weight excluding hydrogens is 287 g/mol. The van der Waals surface area contributed by atoms with Gasteiger partial charge in [0, 0.05) is 24.0 Å². The summed E-state index contributed by atoms with van der Waals surface area (Å²) in [5.41, 5.74) is 1.48. The Morgan fingerprint density at radius 1 is 1.48 bits per heavy atom. The Balaban J connectivity index is 2.08. The molecule has 5 heteroatoms. The maximum absolute atomic E-state index is 13.2. The highest BCUT2D eigenvalue weighted by atomic mass is 32.1. The number of amides is 1. The molecule has 1 aromatic heterocycles. The Morgan fingerprint density at radius 2 is 2.24 bits per heavy atom. The first-order chi connectivity index (χ1) is 10.0. The fraction of sp³-hybridized carbons (Fsp3) is 0.375. The van der Waals surface area contributed by atoms with Crippen LogP contribution in [0.15, 0.2) is 29.6 Å². The largest absolute Gasteiger partial charge is 0.343 e. The van der Waals surface area contributed by atoms with Crippen molar-refractivity contribution in [3.05, 3.63) is 41.2 Å². The van der Waals surface area contributed by atoms with Crippen LogP contribution in [-0.4, -0.2) is 28.9 Å². The fourth-order valence-corrected chi connectivity index (χ4v) is 2.76. The number of carbonyl (C=O) groups excluding carboxylic acids is 1. The van der Waals surface area contributed by atoms with Gasteiger partial charge in [-0.3, -0.25) is 4.79 Å². The van der Waals surface area contributed by atoms with Gasteiger partial charge in [0.25, 0.3) is 0 Å². The standard InChI is InChI=1S/C16H19FN2OS/c1-4-11(2)19(3)15(20)9-14-10-21-16(18-14)12-6-5-7-13(17)8-12/h5-8,10-11H,4,9H2,1-3H3. The first kappa shape index (κ1) is 15.6. The lowest BCUT2D eigenvalue weighted by Crippen LogP contribution is -2.35. The van der Waals surface area contributed by atoms with Gasteiger partial charge in [-0.05, 0) is 25.5 Å². The predicted octanol–water partition coefficient (Wildman–Crippen LogP) is 3.75. The molecule has 1 amide bonds. The van der Waals surface area contributed by atoms with E-state index in [0.29, 0.717) is 0 Å². The van der Waals surface area contributed by atoms with Crippen molar-refractivity contribution in [1.82, 2.24) is 9.88 Å². The number of hydrogen-bond acceptors (Lipinski definition) is 3. The molecule has 0 aliphatic carbocycles. The third-order valence-corrected chi connectivity index (χ3v) is 4.54. The van der Waals surface area contributed by atoms with Crippen molar-refractivity contribution in [3.8, 4) is 10.6 Å². The predicted molar refractivity (Wildman–Crippen MR) is 83.7 cm³/mol. The van der Waals surface area contributed by atoms with E-state index in [0.717, 1.165) is 22.7 Å². The topological polar surface area (TPSA) is 33.2 Å². The summed E-state index contributed by atoms with van der Waals surface area (Å²) >= 11 is 1.43. The Kier molecular flexibility index (Phi) is 5.07. The Labute approximate surface area is 128 Å². The van der Waals surface area contributed by atoms with E-state index in [4.69, 9.17) is 0 Å². The number of halogens is 1. The highest BCUT2D eigenvalue weighted by Crippen LogP contribution is 2.24. The molecule has 2 aromatic rings. The third-order valence-electron chi connectivity index (χ3n) is 3.60. The van der Waals surface area contributed by atoms with Crippen LogP contribution in [0, 0.1) is 5.82 Å². The quantitative estimate of drug-likeness (QED) is 0.843. The van der Waals surface area contributed by atoms with E-state index in [1.807, 2.05) is 25.4 Å². The third kappa shape index (κ3) is 3.88. The van der Waals surface area contributed by atoms with Crippen LogP contribution in [0.3, 0.4) is 0 Å². The van der Waals surface area contributed by atoms with Gasteiger partial charge >= 0.3 is 0 Å². The van der Waals surface area contributed by atoms with E-state index in [9.17, 15) is 9.18 Å². The van der Waals surface area contributed by atoms with Gasteiger partial charge < -0.3 is 4.90 Å². The number of thiazole rings is 1. The summed E-state index contributed by atoms with van der Waals surface area (Å²) in [4.78, 5) is 18.3. The molecule has 1 atom stereocenters. The molecule has 2 rings (SSSR count). The summed E-state index contributed by atoms with van der Waals surface area (Å²) in [6.07, 6.45) is 1.21. The van der Waals surface area contributed by atoms with Crippen molar-refractivity contribution >= 4 is 17.2 Å². The van der Waals surface area contributed by atoms with Crippen LogP contribution in [0.4, 0.5) is 4.39 Å². The van der Waals surface area contributed by atoms with Gasteiger partial charge in [-0.15, -0.1) is 11.3 Å². The monoisotopic (exact) mass is 306 g/mol. The molecule has 21 heavy (non-hydrogen) atoms. The molecule has 0 saturated heterocycles. The number of carbonyl (C=O) groups is 1. The molecule has 0 N–H and O–H groups in total. The molecular formula is C16H19FN2OS. The van der Waals surface area contributed by atoms with E-state index < -0.39 is 0 Å². The molecule has 3 nitrogen and oxygen atoms in total. The van der Waals surface area contributed by atoms with Gasteiger partial charge in [-0.2, -0.15) is 0 Å². The summed E-state index contributed by atoms with van der Waals surface area (Å²) in [7, 11) is 1.82.